The smallest absolute Gasteiger partial charge is 0.269 e. The molecule has 0 saturated heterocycles. The van der Waals surface area contributed by atoms with E-state index in [4.69, 9.17) is 16.0 Å². The molecule has 112 valence electrons. The van der Waals surface area contributed by atoms with Crippen molar-refractivity contribution >= 4 is 27.5 Å². The molecule has 0 spiro atoms. The summed E-state index contributed by atoms with van der Waals surface area (Å²) in [5.41, 5.74) is 2.13. The normalized spacial score (nSPS) is 11.4. The van der Waals surface area contributed by atoms with E-state index in [-0.39, 0.29) is 10.6 Å². The largest absolute Gasteiger partial charge is 0.469 e. The van der Waals surface area contributed by atoms with E-state index in [0.29, 0.717) is 5.76 Å². The lowest BCUT2D eigenvalue weighted by atomic mass is 10.2. The Kier molecular flexibility index (Phi) is 4.31. The highest BCUT2D eigenvalue weighted by Gasteiger charge is 2.21. The number of hydrogen-bond donors (Lipinski definition) is 2. The zero-order valence-corrected chi connectivity index (χ0v) is 12.3. The van der Waals surface area contributed by atoms with Crippen LogP contribution in [0.3, 0.4) is 0 Å². The van der Waals surface area contributed by atoms with E-state index >= 15 is 0 Å². The quantitative estimate of drug-likeness (QED) is 0.838. The number of nitrogens with one attached hydrogen (secondary N) is 2. The van der Waals surface area contributed by atoms with Gasteiger partial charge in [-0.05, 0) is 31.2 Å². The average molecular weight is 333 g/mol. The lowest BCUT2D eigenvalue weighted by Crippen LogP contribution is -2.41. The van der Waals surface area contributed by atoms with Gasteiger partial charge in [-0.25, -0.2) is 12.8 Å². The van der Waals surface area contributed by atoms with Crippen LogP contribution in [0, 0.1) is 12.7 Å². The van der Waals surface area contributed by atoms with Crippen molar-refractivity contribution in [3.05, 3.63) is 52.7 Å². The fourth-order valence-corrected chi connectivity index (χ4v) is 2.61. The molecule has 2 rings (SSSR count). The van der Waals surface area contributed by atoms with Crippen LogP contribution in [0.1, 0.15) is 16.1 Å². The zero-order valence-electron chi connectivity index (χ0n) is 10.7. The number of furan rings is 1. The Morgan fingerprint density at radius 1 is 1.33 bits per heavy atom. The molecule has 0 aliphatic heterocycles. The first-order chi connectivity index (χ1) is 9.81. The van der Waals surface area contributed by atoms with Crippen molar-refractivity contribution in [3.8, 4) is 0 Å². The van der Waals surface area contributed by atoms with Crippen LogP contribution in [0.15, 0.2) is 39.8 Å². The van der Waals surface area contributed by atoms with Crippen molar-refractivity contribution in [2.24, 2.45) is 0 Å². The molecule has 21 heavy (non-hydrogen) atoms. The van der Waals surface area contributed by atoms with Gasteiger partial charge in [0, 0.05) is 5.02 Å². The van der Waals surface area contributed by atoms with Gasteiger partial charge in [0.1, 0.15) is 16.5 Å². The number of aryl methyl sites for hydroxylation is 1. The number of carbonyl (C=O) groups is 1. The second-order valence-electron chi connectivity index (χ2n) is 4.02. The van der Waals surface area contributed by atoms with Crippen molar-refractivity contribution in [1.82, 2.24) is 10.3 Å². The number of benzene rings is 1. The summed E-state index contributed by atoms with van der Waals surface area (Å²) in [7, 11) is -4.25. The summed E-state index contributed by atoms with van der Waals surface area (Å²) >= 11 is 5.54. The van der Waals surface area contributed by atoms with Crippen molar-refractivity contribution in [2.75, 3.05) is 0 Å². The Bertz CT molecular complexity index is 788. The second-order valence-corrected chi connectivity index (χ2v) is 6.11. The summed E-state index contributed by atoms with van der Waals surface area (Å²) in [5.74, 6) is -1.42. The van der Waals surface area contributed by atoms with Gasteiger partial charge < -0.3 is 4.42 Å². The molecule has 1 aromatic carbocycles. The van der Waals surface area contributed by atoms with E-state index in [0.717, 1.165) is 12.1 Å². The summed E-state index contributed by atoms with van der Waals surface area (Å²) in [5, 5.41) is 0.0597. The van der Waals surface area contributed by atoms with Crippen LogP contribution in [0.25, 0.3) is 0 Å². The molecule has 2 aromatic rings. The maximum absolute atomic E-state index is 13.6. The number of halogens is 2. The topological polar surface area (TPSA) is 88.4 Å². The van der Waals surface area contributed by atoms with Crippen LogP contribution in [-0.4, -0.2) is 14.3 Å². The van der Waals surface area contributed by atoms with Crippen LogP contribution in [0.5, 0.6) is 0 Å². The molecule has 2 N–H and O–H groups in total. The maximum atomic E-state index is 13.6. The first-order valence-corrected chi connectivity index (χ1v) is 7.48. The first-order valence-electron chi connectivity index (χ1n) is 5.62. The fourth-order valence-electron chi connectivity index (χ4n) is 1.55. The highest BCUT2D eigenvalue weighted by molar-refractivity contribution is 7.89. The SMILES string of the molecule is Cc1occc1C(=O)NNS(=O)(=O)c1ccc(Cl)cc1F. The average Bonchev–Trinajstić information content (AvgIpc) is 2.82. The molecule has 0 aliphatic carbocycles. The van der Waals surface area contributed by atoms with E-state index in [2.05, 4.69) is 0 Å². The zero-order chi connectivity index (χ0) is 15.6. The van der Waals surface area contributed by atoms with Gasteiger partial charge in [-0.15, -0.1) is 4.83 Å². The number of rotatable bonds is 4. The Hall–Kier alpha value is -1.90. The predicted molar refractivity (Wildman–Crippen MR) is 72.6 cm³/mol. The van der Waals surface area contributed by atoms with Gasteiger partial charge in [0.25, 0.3) is 15.9 Å². The van der Waals surface area contributed by atoms with Gasteiger partial charge in [-0.1, -0.05) is 11.6 Å². The third-order valence-corrected chi connectivity index (χ3v) is 4.10. The molecule has 0 fully saturated rings. The van der Waals surface area contributed by atoms with Gasteiger partial charge in [0.2, 0.25) is 0 Å². The van der Waals surface area contributed by atoms with Gasteiger partial charge in [0.15, 0.2) is 0 Å². The Labute approximate surface area is 124 Å². The third-order valence-electron chi connectivity index (χ3n) is 2.59. The summed E-state index contributed by atoms with van der Waals surface area (Å²) in [6, 6.07) is 4.45. The minimum absolute atomic E-state index is 0.0597. The standard InChI is InChI=1S/C12H10ClFN2O4S/c1-7-9(4-5-20-7)12(17)15-16-21(18,19)11-3-2-8(13)6-10(11)14/h2-6,16H,1H3,(H,15,17). The van der Waals surface area contributed by atoms with Crippen LogP contribution in [0.2, 0.25) is 5.02 Å². The molecular formula is C12H10ClFN2O4S. The second kappa shape index (κ2) is 5.84. The van der Waals surface area contributed by atoms with E-state index < -0.39 is 26.6 Å². The van der Waals surface area contributed by atoms with Crippen molar-refractivity contribution in [1.29, 1.82) is 0 Å². The Morgan fingerprint density at radius 2 is 2.05 bits per heavy atom. The Morgan fingerprint density at radius 3 is 2.62 bits per heavy atom. The third kappa shape index (κ3) is 3.41. The van der Waals surface area contributed by atoms with Crippen molar-refractivity contribution < 1.29 is 22.0 Å². The van der Waals surface area contributed by atoms with Crippen molar-refractivity contribution in [2.45, 2.75) is 11.8 Å². The highest BCUT2D eigenvalue weighted by atomic mass is 35.5. The lowest BCUT2D eigenvalue weighted by Gasteiger charge is -2.09. The molecule has 1 aromatic heterocycles. The minimum atomic E-state index is -4.25. The first kappa shape index (κ1) is 15.5. The Balaban J connectivity index is 2.15. The van der Waals surface area contributed by atoms with Gasteiger partial charge in [-0.2, -0.15) is 0 Å². The van der Waals surface area contributed by atoms with Gasteiger partial charge >= 0.3 is 0 Å². The van der Waals surface area contributed by atoms with Crippen LogP contribution < -0.4 is 10.3 Å². The minimum Gasteiger partial charge on any atom is -0.469 e. The van der Waals surface area contributed by atoms with E-state index in [1.54, 1.807) is 11.8 Å². The number of amides is 1. The molecule has 1 heterocycles. The molecule has 0 atom stereocenters. The summed E-state index contributed by atoms with van der Waals surface area (Å²) in [6.45, 7) is 1.54. The monoisotopic (exact) mass is 332 g/mol. The molecule has 0 saturated carbocycles. The lowest BCUT2D eigenvalue weighted by molar-refractivity contribution is 0.0943. The summed E-state index contributed by atoms with van der Waals surface area (Å²) in [6.07, 6.45) is 1.29. The van der Waals surface area contributed by atoms with Gasteiger partial charge in [0.05, 0.1) is 11.8 Å². The molecule has 0 aliphatic rings. The van der Waals surface area contributed by atoms with E-state index in [9.17, 15) is 17.6 Å². The number of carbonyl (C=O) groups excluding carboxylic acids is 1. The van der Waals surface area contributed by atoms with E-state index in [1.165, 1.54) is 18.4 Å². The molecule has 9 heteroatoms. The molecule has 1 amide bonds. The van der Waals surface area contributed by atoms with Gasteiger partial charge in [-0.3, -0.25) is 10.2 Å². The molecule has 6 nitrogen and oxygen atoms in total. The molecule has 0 radical (unpaired) electrons. The van der Waals surface area contributed by atoms with Crippen LogP contribution in [0.4, 0.5) is 4.39 Å². The number of sulfonamides is 1. The van der Waals surface area contributed by atoms with Crippen LogP contribution >= 0.6 is 11.6 Å². The summed E-state index contributed by atoms with van der Waals surface area (Å²) < 4.78 is 42.3. The predicted octanol–water partition coefficient (Wildman–Crippen LogP) is 2.00. The van der Waals surface area contributed by atoms with Crippen LogP contribution in [-0.2, 0) is 10.0 Å². The van der Waals surface area contributed by atoms with E-state index in [1.807, 2.05) is 5.43 Å². The number of hydrazine groups is 1. The van der Waals surface area contributed by atoms with Crippen molar-refractivity contribution in [3.63, 3.8) is 0 Å². The maximum Gasteiger partial charge on any atom is 0.269 e. The highest BCUT2D eigenvalue weighted by Crippen LogP contribution is 2.18. The molecule has 0 bridgehead atoms. The molecular weight excluding hydrogens is 323 g/mol. The summed E-state index contributed by atoms with van der Waals surface area (Å²) in [4.78, 5) is 12.9. The number of hydrogen-bond acceptors (Lipinski definition) is 4. The fraction of sp³-hybridized carbons (Fsp3) is 0.0833. The molecule has 0 unspecified atom stereocenters.